The molecule has 0 fully saturated rings. The fourth-order valence-electron chi connectivity index (χ4n) is 1.09. The highest BCUT2D eigenvalue weighted by Gasteiger charge is 2.12. The summed E-state index contributed by atoms with van der Waals surface area (Å²) in [6.45, 7) is 5.80. The van der Waals surface area contributed by atoms with E-state index in [-0.39, 0.29) is 5.69 Å². The van der Waals surface area contributed by atoms with Crippen LogP contribution in [0.4, 0.5) is 5.69 Å². The molecule has 0 saturated carbocycles. The van der Waals surface area contributed by atoms with Crippen LogP contribution in [0.15, 0.2) is 30.4 Å². The number of rotatable bonds is 5. The summed E-state index contributed by atoms with van der Waals surface area (Å²) < 4.78 is 10.4. The van der Waals surface area contributed by atoms with Crippen LogP contribution >= 0.6 is 0 Å². The number of nitro benzene ring substituents is 1. The van der Waals surface area contributed by atoms with Gasteiger partial charge in [-0.1, -0.05) is 6.58 Å². The minimum atomic E-state index is -0.479. The molecule has 1 aromatic rings. The maximum absolute atomic E-state index is 10.6. The average molecular weight is 223 g/mol. The smallest absolute Gasteiger partial charge is 0.273 e. The van der Waals surface area contributed by atoms with Gasteiger partial charge in [-0.2, -0.15) is 0 Å². The van der Waals surface area contributed by atoms with E-state index in [0.29, 0.717) is 18.1 Å². The van der Waals surface area contributed by atoms with Crippen LogP contribution in [0.1, 0.15) is 6.92 Å². The molecule has 0 unspecified atom stereocenters. The lowest BCUT2D eigenvalue weighted by Gasteiger charge is -2.09. The van der Waals surface area contributed by atoms with Crippen molar-refractivity contribution in [2.75, 3.05) is 13.7 Å². The maximum atomic E-state index is 10.6. The topological polar surface area (TPSA) is 61.6 Å². The van der Waals surface area contributed by atoms with Crippen LogP contribution in [-0.2, 0) is 0 Å². The first kappa shape index (κ1) is 12.0. The van der Waals surface area contributed by atoms with E-state index in [1.54, 1.807) is 0 Å². The highest BCUT2D eigenvalue weighted by molar-refractivity contribution is 5.48. The van der Waals surface area contributed by atoms with Crippen LogP contribution in [0.2, 0.25) is 0 Å². The molecule has 0 aliphatic rings. The summed E-state index contributed by atoms with van der Waals surface area (Å²) in [5.74, 6) is 0.812. The van der Waals surface area contributed by atoms with Gasteiger partial charge in [0.05, 0.1) is 18.1 Å². The Morgan fingerprint density at radius 3 is 2.69 bits per heavy atom. The van der Waals surface area contributed by atoms with Crippen molar-refractivity contribution in [1.29, 1.82) is 0 Å². The van der Waals surface area contributed by atoms with Gasteiger partial charge in [0.1, 0.15) is 6.61 Å². The zero-order valence-corrected chi connectivity index (χ0v) is 9.23. The molecule has 5 heteroatoms. The summed E-state index contributed by atoms with van der Waals surface area (Å²) in [7, 11) is 1.48. The second-order valence-corrected chi connectivity index (χ2v) is 3.34. The summed E-state index contributed by atoms with van der Waals surface area (Å²) in [6, 6.07) is 4.21. The number of non-ortho nitro benzene ring substituents is 1. The molecular weight excluding hydrogens is 210 g/mol. The summed E-state index contributed by atoms with van der Waals surface area (Å²) in [4.78, 5) is 10.1. The van der Waals surface area contributed by atoms with Crippen molar-refractivity contribution in [1.82, 2.24) is 0 Å². The molecule has 0 heterocycles. The number of methoxy groups -OCH3 is 1. The Kier molecular flexibility index (Phi) is 3.88. The molecule has 0 aliphatic carbocycles. The molecule has 0 aromatic heterocycles. The number of nitrogens with zero attached hydrogens (tertiary/aromatic N) is 1. The molecule has 1 aromatic carbocycles. The summed E-state index contributed by atoms with van der Waals surface area (Å²) in [5, 5.41) is 10.6. The molecule has 0 atom stereocenters. The molecule has 0 N–H and O–H groups in total. The Hall–Kier alpha value is -2.04. The van der Waals surface area contributed by atoms with Crippen molar-refractivity contribution in [3.8, 4) is 11.5 Å². The molecule has 16 heavy (non-hydrogen) atoms. The number of hydrogen-bond acceptors (Lipinski definition) is 4. The van der Waals surface area contributed by atoms with Gasteiger partial charge >= 0.3 is 0 Å². The van der Waals surface area contributed by atoms with Crippen molar-refractivity contribution in [2.24, 2.45) is 0 Å². The highest BCUT2D eigenvalue weighted by Crippen LogP contribution is 2.31. The highest BCUT2D eigenvalue weighted by atomic mass is 16.6. The number of nitro groups is 1. The zero-order valence-electron chi connectivity index (χ0n) is 9.23. The lowest BCUT2D eigenvalue weighted by Crippen LogP contribution is -2.00. The van der Waals surface area contributed by atoms with Crippen molar-refractivity contribution >= 4 is 5.69 Å². The van der Waals surface area contributed by atoms with Crippen LogP contribution in [0, 0.1) is 10.1 Å². The Morgan fingerprint density at radius 2 is 2.19 bits per heavy atom. The van der Waals surface area contributed by atoms with E-state index in [0.717, 1.165) is 5.57 Å². The Bertz CT molecular complexity index is 414. The molecule has 0 saturated heterocycles. The molecule has 0 spiro atoms. The second kappa shape index (κ2) is 5.16. The quantitative estimate of drug-likeness (QED) is 0.437. The maximum Gasteiger partial charge on any atom is 0.273 e. The zero-order chi connectivity index (χ0) is 12.1. The fraction of sp³-hybridized carbons (Fsp3) is 0.273. The molecule has 0 radical (unpaired) electrons. The Labute approximate surface area is 93.4 Å². The molecule has 5 nitrogen and oxygen atoms in total. The van der Waals surface area contributed by atoms with Gasteiger partial charge in [0.2, 0.25) is 0 Å². The first-order valence-electron chi connectivity index (χ1n) is 4.64. The lowest BCUT2D eigenvalue weighted by atomic mass is 10.3. The van der Waals surface area contributed by atoms with E-state index in [9.17, 15) is 10.1 Å². The van der Waals surface area contributed by atoms with Gasteiger partial charge in [0.15, 0.2) is 11.5 Å². The van der Waals surface area contributed by atoms with E-state index >= 15 is 0 Å². The molecular formula is C11H13NO4. The normalized spacial score (nSPS) is 9.62. The fourth-order valence-corrected chi connectivity index (χ4v) is 1.09. The SMILES string of the molecule is C=C(C)COc1cc([N+](=O)[O-])ccc1OC. The minimum Gasteiger partial charge on any atom is -0.493 e. The van der Waals surface area contributed by atoms with E-state index in [2.05, 4.69) is 6.58 Å². The van der Waals surface area contributed by atoms with Crippen molar-refractivity contribution < 1.29 is 14.4 Å². The third kappa shape index (κ3) is 2.98. The van der Waals surface area contributed by atoms with Crippen LogP contribution in [0.5, 0.6) is 11.5 Å². The first-order valence-corrected chi connectivity index (χ1v) is 4.64. The van der Waals surface area contributed by atoms with Gasteiger partial charge in [0.25, 0.3) is 5.69 Å². The van der Waals surface area contributed by atoms with Crippen molar-refractivity contribution in [2.45, 2.75) is 6.92 Å². The lowest BCUT2D eigenvalue weighted by molar-refractivity contribution is -0.385. The second-order valence-electron chi connectivity index (χ2n) is 3.34. The molecule has 1 rings (SSSR count). The van der Waals surface area contributed by atoms with Gasteiger partial charge in [-0.15, -0.1) is 0 Å². The van der Waals surface area contributed by atoms with E-state index < -0.39 is 4.92 Å². The van der Waals surface area contributed by atoms with Gasteiger partial charge < -0.3 is 9.47 Å². The molecule has 0 aliphatic heterocycles. The van der Waals surface area contributed by atoms with Crippen LogP contribution in [0.25, 0.3) is 0 Å². The van der Waals surface area contributed by atoms with Gasteiger partial charge in [-0.3, -0.25) is 10.1 Å². The van der Waals surface area contributed by atoms with Crippen LogP contribution in [-0.4, -0.2) is 18.6 Å². The summed E-state index contributed by atoms with van der Waals surface area (Å²) >= 11 is 0. The van der Waals surface area contributed by atoms with E-state index in [4.69, 9.17) is 9.47 Å². The third-order valence-corrected chi connectivity index (χ3v) is 1.83. The molecule has 0 amide bonds. The predicted octanol–water partition coefficient (Wildman–Crippen LogP) is 2.56. The van der Waals surface area contributed by atoms with Gasteiger partial charge in [-0.25, -0.2) is 0 Å². The van der Waals surface area contributed by atoms with E-state index in [1.807, 2.05) is 6.92 Å². The average Bonchev–Trinajstić information content (AvgIpc) is 2.25. The third-order valence-electron chi connectivity index (χ3n) is 1.83. The monoisotopic (exact) mass is 223 g/mol. The molecule has 86 valence electrons. The number of ether oxygens (including phenoxy) is 2. The predicted molar refractivity (Wildman–Crippen MR) is 60.0 cm³/mol. The number of hydrogen-bond donors (Lipinski definition) is 0. The first-order chi connectivity index (χ1) is 7.54. The summed E-state index contributed by atoms with van der Waals surface area (Å²) in [6.07, 6.45) is 0. The van der Waals surface area contributed by atoms with E-state index in [1.165, 1.54) is 25.3 Å². The standard InChI is InChI=1S/C11H13NO4/c1-8(2)7-16-11-6-9(12(13)14)4-5-10(11)15-3/h4-6H,1,7H2,2-3H3. The van der Waals surface area contributed by atoms with Gasteiger partial charge in [-0.05, 0) is 18.6 Å². The van der Waals surface area contributed by atoms with Crippen LogP contribution < -0.4 is 9.47 Å². The largest absolute Gasteiger partial charge is 0.493 e. The molecule has 0 bridgehead atoms. The summed E-state index contributed by atoms with van der Waals surface area (Å²) in [5.41, 5.74) is 0.797. The Balaban J connectivity index is 2.97. The Morgan fingerprint density at radius 1 is 1.50 bits per heavy atom. The van der Waals surface area contributed by atoms with Crippen LogP contribution in [0.3, 0.4) is 0 Å². The van der Waals surface area contributed by atoms with Crippen molar-refractivity contribution in [3.63, 3.8) is 0 Å². The number of benzene rings is 1. The van der Waals surface area contributed by atoms with Gasteiger partial charge in [0, 0.05) is 6.07 Å². The minimum absolute atomic E-state index is 0.0301. The van der Waals surface area contributed by atoms with Crippen molar-refractivity contribution in [3.05, 3.63) is 40.5 Å².